The summed E-state index contributed by atoms with van der Waals surface area (Å²) in [5, 5.41) is 6.66. The molecule has 2 amide bonds. The van der Waals surface area contributed by atoms with Crippen molar-refractivity contribution in [1.29, 1.82) is 0 Å². The molecule has 6 nitrogen and oxygen atoms in total. The predicted molar refractivity (Wildman–Crippen MR) is 114 cm³/mol. The molecular weight excluding hydrogens is 380 g/mol. The molecule has 0 spiro atoms. The Morgan fingerprint density at radius 1 is 0.967 bits per heavy atom. The van der Waals surface area contributed by atoms with Crippen LogP contribution in [0, 0.1) is 0 Å². The highest BCUT2D eigenvalue weighted by atomic mass is 16.3. The second-order valence-electron chi connectivity index (χ2n) is 7.03. The van der Waals surface area contributed by atoms with Crippen LogP contribution in [0.25, 0.3) is 11.0 Å². The fourth-order valence-electron chi connectivity index (χ4n) is 3.23. The maximum atomic E-state index is 12.4. The van der Waals surface area contributed by atoms with Crippen molar-refractivity contribution in [2.75, 3.05) is 5.32 Å². The summed E-state index contributed by atoms with van der Waals surface area (Å²) in [5.74, 6) is -0.129. The third-order valence-corrected chi connectivity index (χ3v) is 4.93. The van der Waals surface area contributed by atoms with Crippen molar-refractivity contribution in [3.05, 3.63) is 89.6 Å². The summed E-state index contributed by atoms with van der Waals surface area (Å²) in [5.41, 5.74) is 4.48. The summed E-state index contributed by atoms with van der Waals surface area (Å²) in [6, 6.07) is 16.6. The van der Waals surface area contributed by atoms with E-state index in [-0.39, 0.29) is 24.0 Å². The molecule has 0 aliphatic rings. The van der Waals surface area contributed by atoms with Crippen molar-refractivity contribution in [1.82, 2.24) is 5.32 Å². The Labute approximate surface area is 173 Å². The van der Waals surface area contributed by atoms with Crippen molar-refractivity contribution < 1.29 is 18.4 Å². The van der Waals surface area contributed by atoms with Crippen molar-refractivity contribution in [3.8, 4) is 0 Å². The second kappa shape index (κ2) is 8.69. The first-order valence-corrected chi connectivity index (χ1v) is 9.82. The van der Waals surface area contributed by atoms with Crippen LogP contribution in [-0.4, -0.2) is 11.8 Å². The zero-order valence-electron chi connectivity index (χ0n) is 16.6. The van der Waals surface area contributed by atoms with Gasteiger partial charge in [0.25, 0.3) is 5.91 Å². The molecule has 0 aliphatic heterocycles. The van der Waals surface area contributed by atoms with Gasteiger partial charge in [-0.05, 0) is 47.9 Å². The van der Waals surface area contributed by atoms with Crippen LogP contribution < -0.4 is 10.6 Å². The smallest absolute Gasteiger partial charge is 0.291 e. The van der Waals surface area contributed by atoms with Crippen LogP contribution >= 0.6 is 0 Å². The molecule has 0 fully saturated rings. The number of hydrogen-bond donors (Lipinski definition) is 2. The molecule has 0 atom stereocenters. The highest BCUT2D eigenvalue weighted by Gasteiger charge is 2.11. The van der Waals surface area contributed by atoms with E-state index in [9.17, 15) is 9.59 Å². The third-order valence-electron chi connectivity index (χ3n) is 4.93. The summed E-state index contributed by atoms with van der Waals surface area (Å²) in [7, 11) is 0. The SMILES string of the molecule is CCc1ccc2c(CC(=O)NCc3ccc(NC(=O)c4ccco4)cc3)coc2c1. The fourth-order valence-corrected chi connectivity index (χ4v) is 3.23. The number of fused-ring (bicyclic) bond motifs is 1. The number of carbonyl (C=O) groups excluding carboxylic acids is 2. The molecule has 2 N–H and O–H groups in total. The number of furan rings is 2. The van der Waals surface area contributed by atoms with Gasteiger partial charge in [0.2, 0.25) is 5.91 Å². The number of aryl methyl sites for hydroxylation is 1. The van der Waals surface area contributed by atoms with Crippen molar-refractivity contribution >= 4 is 28.5 Å². The second-order valence-corrected chi connectivity index (χ2v) is 7.03. The van der Waals surface area contributed by atoms with E-state index < -0.39 is 0 Å². The highest BCUT2D eigenvalue weighted by Crippen LogP contribution is 2.23. The molecule has 2 aromatic heterocycles. The minimum atomic E-state index is -0.306. The number of rotatable bonds is 7. The zero-order valence-corrected chi connectivity index (χ0v) is 16.6. The van der Waals surface area contributed by atoms with E-state index in [1.165, 1.54) is 11.8 Å². The van der Waals surface area contributed by atoms with E-state index >= 15 is 0 Å². The van der Waals surface area contributed by atoms with Crippen LogP contribution in [0.3, 0.4) is 0 Å². The van der Waals surface area contributed by atoms with Crippen LogP contribution in [0.4, 0.5) is 5.69 Å². The molecule has 4 rings (SSSR count). The lowest BCUT2D eigenvalue weighted by Gasteiger charge is -2.07. The summed E-state index contributed by atoms with van der Waals surface area (Å²) in [6.45, 7) is 2.50. The van der Waals surface area contributed by atoms with Gasteiger partial charge in [-0.25, -0.2) is 0 Å². The van der Waals surface area contributed by atoms with Gasteiger partial charge in [-0.15, -0.1) is 0 Å². The molecule has 0 saturated heterocycles. The Balaban J connectivity index is 1.31. The summed E-state index contributed by atoms with van der Waals surface area (Å²) >= 11 is 0. The standard InChI is InChI=1S/C24H22N2O4/c1-2-16-7-10-20-18(15-30-22(20)12-16)13-23(27)25-14-17-5-8-19(9-6-17)26-24(28)21-4-3-11-29-21/h3-12,15H,2,13-14H2,1H3,(H,25,27)(H,26,28). The third kappa shape index (κ3) is 4.43. The lowest BCUT2D eigenvalue weighted by atomic mass is 10.1. The van der Waals surface area contributed by atoms with Crippen molar-refractivity contribution in [2.24, 2.45) is 0 Å². The Morgan fingerprint density at radius 3 is 2.50 bits per heavy atom. The molecule has 0 unspecified atom stereocenters. The minimum absolute atomic E-state index is 0.0764. The number of carbonyl (C=O) groups is 2. The first kappa shape index (κ1) is 19.5. The van der Waals surface area contributed by atoms with E-state index in [1.54, 1.807) is 30.5 Å². The van der Waals surface area contributed by atoms with E-state index in [0.717, 1.165) is 28.5 Å². The lowest BCUT2D eigenvalue weighted by molar-refractivity contribution is -0.120. The molecule has 30 heavy (non-hydrogen) atoms. The van der Waals surface area contributed by atoms with Gasteiger partial charge in [0.1, 0.15) is 5.58 Å². The molecule has 6 heteroatoms. The molecule has 0 radical (unpaired) electrons. The fraction of sp³-hybridized carbons (Fsp3) is 0.167. The maximum absolute atomic E-state index is 12.4. The first-order chi connectivity index (χ1) is 14.6. The van der Waals surface area contributed by atoms with Crippen molar-refractivity contribution in [3.63, 3.8) is 0 Å². The normalized spacial score (nSPS) is 10.8. The number of anilines is 1. The Hall–Kier alpha value is -3.80. The van der Waals surface area contributed by atoms with Crippen LogP contribution in [0.1, 0.15) is 34.2 Å². The van der Waals surface area contributed by atoms with Gasteiger partial charge in [-0.2, -0.15) is 0 Å². The molecule has 0 bridgehead atoms. The molecule has 0 aliphatic carbocycles. The molecular formula is C24H22N2O4. The van der Waals surface area contributed by atoms with Crippen LogP contribution in [0.15, 0.2) is 76.0 Å². The van der Waals surface area contributed by atoms with Gasteiger partial charge >= 0.3 is 0 Å². The monoisotopic (exact) mass is 402 g/mol. The Bertz CT molecular complexity index is 1160. The Kier molecular flexibility index (Phi) is 5.66. The van der Waals surface area contributed by atoms with Crippen LogP contribution in [-0.2, 0) is 24.2 Å². The summed E-state index contributed by atoms with van der Waals surface area (Å²) in [6.07, 6.45) is 4.31. The van der Waals surface area contributed by atoms with E-state index in [1.807, 2.05) is 24.3 Å². The van der Waals surface area contributed by atoms with Gasteiger partial charge in [0.15, 0.2) is 5.76 Å². The summed E-state index contributed by atoms with van der Waals surface area (Å²) < 4.78 is 10.7. The van der Waals surface area contributed by atoms with Gasteiger partial charge in [-0.1, -0.05) is 31.2 Å². The number of benzene rings is 2. The Morgan fingerprint density at radius 2 is 1.77 bits per heavy atom. The van der Waals surface area contributed by atoms with Gasteiger partial charge < -0.3 is 19.5 Å². The first-order valence-electron chi connectivity index (χ1n) is 9.82. The number of nitrogens with one attached hydrogen (secondary N) is 2. The molecule has 0 saturated carbocycles. The minimum Gasteiger partial charge on any atom is -0.464 e. The summed E-state index contributed by atoms with van der Waals surface area (Å²) in [4.78, 5) is 24.4. The van der Waals surface area contributed by atoms with Gasteiger partial charge in [0.05, 0.1) is 18.9 Å². The van der Waals surface area contributed by atoms with Crippen molar-refractivity contribution in [2.45, 2.75) is 26.3 Å². The maximum Gasteiger partial charge on any atom is 0.291 e. The average Bonchev–Trinajstić information content (AvgIpc) is 3.43. The zero-order chi connectivity index (χ0) is 20.9. The van der Waals surface area contributed by atoms with Gasteiger partial charge in [0, 0.05) is 23.2 Å². The van der Waals surface area contributed by atoms with E-state index in [4.69, 9.17) is 8.83 Å². The molecule has 2 aromatic carbocycles. The predicted octanol–water partition coefficient (Wildman–Crippen LogP) is 4.70. The topological polar surface area (TPSA) is 84.5 Å². The molecule has 4 aromatic rings. The number of amides is 2. The lowest BCUT2D eigenvalue weighted by Crippen LogP contribution is -2.24. The van der Waals surface area contributed by atoms with Crippen LogP contribution in [0.5, 0.6) is 0 Å². The van der Waals surface area contributed by atoms with E-state index in [2.05, 4.69) is 23.6 Å². The number of hydrogen-bond acceptors (Lipinski definition) is 4. The molecule has 152 valence electrons. The van der Waals surface area contributed by atoms with Crippen LogP contribution in [0.2, 0.25) is 0 Å². The highest BCUT2D eigenvalue weighted by molar-refractivity contribution is 6.02. The quantitative estimate of drug-likeness (QED) is 0.469. The average molecular weight is 402 g/mol. The molecule has 2 heterocycles. The largest absolute Gasteiger partial charge is 0.464 e. The van der Waals surface area contributed by atoms with E-state index in [0.29, 0.717) is 12.2 Å². The van der Waals surface area contributed by atoms with Gasteiger partial charge in [-0.3, -0.25) is 9.59 Å².